The summed E-state index contributed by atoms with van der Waals surface area (Å²) in [5.41, 5.74) is 0.158. The van der Waals surface area contributed by atoms with E-state index in [1.165, 1.54) is 0 Å². The SMILES string of the molecule is CCCCC[C@H](c1cc(F)cc(F)c1F)N1CCNCC1.Cl. The molecule has 1 aliphatic rings. The van der Waals surface area contributed by atoms with Gasteiger partial charge in [0.1, 0.15) is 5.82 Å². The maximum Gasteiger partial charge on any atom is 0.163 e. The molecule has 1 saturated heterocycles. The first-order valence-corrected chi connectivity index (χ1v) is 7.72. The fourth-order valence-electron chi connectivity index (χ4n) is 2.93. The number of unbranched alkanes of at least 4 members (excludes halogenated alkanes) is 2. The lowest BCUT2D eigenvalue weighted by Crippen LogP contribution is -2.45. The van der Waals surface area contributed by atoms with Crippen LogP contribution in [0.2, 0.25) is 0 Å². The van der Waals surface area contributed by atoms with Crippen LogP contribution >= 0.6 is 12.4 Å². The maximum absolute atomic E-state index is 14.1. The van der Waals surface area contributed by atoms with E-state index in [0.29, 0.717) is 6.07 Å². The summed E-state index contributed by atoms with van der Waals surface area (Å²) in [5, 5.41) is 3.24. The van der Waals surface area contributed by atoms with Gasteiger partial charge in [0.25, 0.3) is 0 Å². The molecule has 0 spiro atoms. The van der Waals surface area contributed by atoms with Crippen LogP contribution in [-0.4, -0.2) is 31.1 Å². The van der Waals surface area contributed by atoms with E-state index < -0.39 is 17.5 Å². The highest BCUT2D eigenvalue weighted by atomic mass is 35.5. The van der Waals surface area contributed by atoms with Gasteiger partial charge in [-0.05, 0) is 12.5 Å². The summed E-state index contributed by atoms with van der Waals surface area (Å²) in [6, 6.07) is 1.51. The van der Waals surface area contributed by atoms with Crippen LogP contribution in [0.5, 0.6) is 0 Å². The largest absolute Gasteiger partial charge is 0.314 e. The lowest BCUT2D eigenvalue weighted by Gasteiger charge is -2.35. The molecule has 1 aromatic carbocycles. The Morgan fingerprint density at radius 2 is 1.82 bits per heavy atom. The van der Waals surface area contributed by atoms with Gasteiger partial charge in [-0.25, -0.2) is 13.2 Å². The molecule has 1 aromatic rings. The first-order valence-electron chi connectivity index (χ1n) is 7.72. The number of nitrogens with zero attached hydrogens (tertiary/aromatic N) is 1. The minimum absolute atomic E-state index is 0. The van der Waals surface area contributed by atoms with Gasteiger partial charge in [-0.15, -0.1) is 12.4 Å². The topological polar surface area (TPSA) is 15.3 Å². The minimum Gasteiger partial charge on any atom is -0.314 e. The smallest absolute Gasteiger partial charge is 0.163 e. The highest BCUT2D eigenvalue weighted by Crippen LogP contribution is 2.30. The van der Waals surface area contributed by atoms with E-state index in [2.05, 4.69) is 17.1 Å². The van der Waals surface area contributed by atoms with E-state index in [-0.39, 0.29) is 24.0 Å². The second-order valence-electron chi connectivity index (χ2n) is 5.59. The number of piperazine rings is 1. The molecule has 1 aliphatic heterocycles. The summed E-state index contributed by atoms with van der Waals surface area (Å²) in [6.45, 7) is 5.29. The van der Waals surface area contributed by atoms with Crippen molar-refractivity contribution < 1.29 is 13.2 Å². The van der Waals surface area contributed by atoms with Crippen molar-refractivity contribution in [2.24, 2.45) is 0 Å². The van der Waals surface area contributed by atoms with Crippen LogP contribution in [0.25, 0.3) is 0 Å². The van der Waals surface area contributed by atoms with Crippen molar-refractivity contribution >= 4 is 12.4 Å². The molecule has 0 radical (unpaired) electrons. The van der Waals surface area contributed by atoms with Crippen molar-refractivity contribution in [2.75, 3.05) is 26.2 Å². The van der Waals surface area contributed by atoms with Gasteiger partial charge in [0.15, 0.2) is 11.6 Å². The molecule has 0 aromatic heterocycles. The van der Waals surface area contributed by atoms with Gasteiger partial charge in [0.2, 0.25) is 0 Å². The summed E-state index contributed by atoms with van der Waals surface area (Å²) in [7, 11) is 0. The molecule has 2 nitrogen and oxygen atoms in total. The molecule has 6 heteroatoms. The third-order valence-electron chi connectivity index (χ3n) is 4.05. The van der Waals surface area contributed by atoms with E-state index in [4.69, 9.17) is 0 Å². The Bertz CT molecular complexity index is 465. The zero-order valence-corrected chi connectivity index (χ0v) is 13.7. The number of rotatable bonds is 6. The molecule has 1 fully saturated rings. The zero-order valence-electron chi connectivity index (χ0n) is 12.9. The molecule has 0 unspecified atom stereocenters. The first kappa shape index (κ1) is 19.3. The van der Waals surface area contributed by atoms with Crippen LogP contribution in [0.15, 0.2) is 12.1 Å². The molecule has 22 heavy (non-hydrogen) atoms. The standard InChI is InChI=1S/C16H23F3N2.ClH/c1-2-3-4-5-15(21-8-6-20-7-9-21)13-10-12(17)11-14(18)16(13)19;/h10-11,15,20H,2-9H2,1H3;1H/t15-;/m1./s1. The van der Waals surface area contributed by atoms with Crippen molar-refractivity contribution in [3.05, 3.63) is 35.1 Å². The third kappa shape index (κ3) is 4.86. The average molecular weight is 337 g/mol. The molecule has 2 rings (SSSR count). The van der Waals surface area contributed by atoms with E-state index >= 15 is 0 Å². The Hall–Kier alpha value is -0.780. The molecule has 0 saturated carbocycles. The predicted octanol–water partition coefficient (Wildman–Crippen LogP) is 4.05. The van der Waals surface area contributed by atoms with Gasteiger partial charge >= 0.3 is 0 Å². The fourth-order valence-corrected chi connectivity index (χ4v) is 2.93. The Balaban J connectivity index is 0.00000242. The highest BCUT2D eigenvalue weighted by molar-refractivity contribution is 5.85. The van der Waals surface area contributed by atoms with Crippen molar-refractivity contribution in [3.8, 4) is 0 Å². The molecule has 0 bridgehead atoms. The van der Waals surface area contributed by atoms with Crippen LogP contribution in [0.1, 0.15) is 44.2 Å². The molecule has 0 amide bonds. The molecule has 1 atom stereocenters. The molecular weight excluding hydrogens is 313 g/mol. The van der Waals surface area contributed by atoms with Gasteiger partial charge in [0.05, 0.1) is 0 Å². The van der Waals surface area contributed by atoms with E-state index in [1.807, 2.05) is 0 Å². The normalized spacial score (nSPS) is 17.1. The Kier molecular flexibility index (Phi) is 8.21. The van der Waals surface area contributed by atoms with Crippen molar-refractivity contribution in [3.63, 3.8) is 0 Å². The van der Waals surface area contributed by atoms with E-state index in [9.17, 15) is 13.2 Å². The predicted molar refractivity (Wildman–Crippen MR) is 84.9 cm³/mol. The summed E-state index contributed by atoms with van der Waals surface area (Å²) >= 11 is 0. The molecule has 1 heterocycles. The number of nitrogens with one attached hydrogen (secondary N) is 1. The van der Waals surface area contributed by atoms with Crippen LogP contribution in [0.3, 0.4) is 0 Å². The summed E-state index contributed by atoms with van der Waals surface area (Å²) in [4.78, 5) is 2.13. The van der Waals surface area contributed by atoms with Crippen LogP contribution in [0.4, 0.5) is 13.2 Å². The average Bonchev–Trinajstić information content (AvgIpc) is 2.49. The maximum atomic E-state index is 14.1. The Morgan fingerprint density at radius 1 is 1.14 bits per heavy atom. The number of halogens is 4. The second kappa shape index (κ2) is 9.38. The van der Waals surface area contributed by atoms with Crippen molar-refractivity contribution in [1.29, 1.82) is 0 Å². The summed E-state index contributed by atoms with van der Waals surface area (Å²) in [6.07, 6.45) is 3.77. The Morgan fingerprint density at radius 3 is 2.45 bits per heavy atom. The zero-order chi connectivity index (χ0) is 15.2. The molecule has 1 N–H and O–H groups in total. The van der Waals surface area contributed by atoms with Gasteiger partial charge < -0.3 is 5.32 Å². The van der Waals surface area contributed by atoms with Gasteiger partial charge in [-0.3, -0.25) is 4.90 Å². The minimum atomic E-state index is -1.10. The van der Waals surface area contributed by atoms with Crippen molar-refractivity contribution in [1.82, 2.24) is 10.2 Å². The quantitative estimate of drug-likeness (QED) is 0.622. The third-order valence-corrected chi connectivity index (χ3v) is 4.05. The van der Waals surface area contributed by atoms with Gasteiger partial charge in [-0.2, -0.15) is 0 Å². The Labute approximate surface area is 136 Å². The summed E-state index contributed by atoms with van der Waals surface area (Å²) in [5.74, 6) is -2.71. The molecule has 0 aliphatic carbocycles. The highest BCUT2D eigenvalue weighted by Gasteiger charge is 2.26. The van der Waals surface area contributed by atoms with Gasteiger partial charge in [0, 0.05) is 43.9 Å². The summed E-state index contributed by atoms with van der Waals surface area (Å²) < 4.78 is 41.1. The molecular formula is C16H24ClF3N2. The number of hydrogen-bond acceptors (Lipinski definition) is 2. The monoisotopic (exact) mass is 336 g/mol. The lowest BCUT2D eigenvalue weighted by atomic mass is 9.97. The molecule has 126 valence electrons. The number of benzene rings is 1. The van der Waals surface area contributed by atoms with Crippen LogP contribution < -0.4 is 5.32 Å². The lowest BCUT2D eigenvalue weighted by molar-refractivity contribution is 0.158. The second-order valence-corrected chi connectivity index (χ2v) is 5.59. The van der Waals surface area contributed by atoms with E-state index in [0.717, 1.165) is 57.9 Å². The van der Waals surface area contributed by atoms with Crippen molar-refractivity contribution in [2.45, 2.75) is 38.6 Å². The fraction of sp³-hybridized carbons (Fsp3) is 0.625. The van der Waals surface area contributed by atoms with E-state index in [1.54, 1.807) is 0 Å². The first-order chi connectivity index (χ1) is 10.1. The van der Waals surface area contributed by atoms with Crippen LogP contribution in [-0.2, 0) is 0 Å². The van der Waals surface area contributed by atoms with Crippen LogP contribution in [0, 0.1) is 17.5 Å². The number of hydrogen-bond donors (Lipinski definition) is 1. The van der Waals surface area contributed by atoms with Gasteiger partial charge in [-0.1, -0.05) is 26.2 Å².